The number of nitrogens with zero attached hydrogens (tertiary/aromatic N) is 2. The van der Waals surface area contributed by atoms with Crippen LogP contribution in [-0.4, -0.2) is 14.8 Å². The molecule has 1 aromatic carbocycles. The van der Waals surface area contributed by atoms with Crippen LogP contribution < -0.4 is 5.73 Å². The van der Waals surface area contributed by atoms with Crippen molar-refractivity contribution in [2.24, 2.45) is 7.05 Å². The summed E-state index contributed by atoms with van der Waals surface area (Å²) in [6.07, 6.45) is 3.69. The normalized spacial score (nSPS) is 11.2. The van der Waals surface area contributed by atoms with Gasteiger partial charge in [-0.1, -0.05) is 15.9 Å². The minimum atomic E-state index is 0.664. The number of aromatic nitrogens is 3. The summed E-state index contributed by atoms with van der Waals surface area (Å²) in [6.45, 7) is 0. The second kappa shape index (κ2) is 3.63. The molecule has 17 heavy (non-hydrogen) atoms. The topological polar surface area (TPSA) is 59.6 Å². The maximum absolute atomic E-state index is 5.90. The molecule has 0 atom stereocenters. The van der Waals surface area contributed by atoms with Gasteiger partial charge in [0, 0.05) is 34.2 Å². The van der Waals surface area contributed by atoms with Gasteiger partial charge in [-0.2, -0.15) is 5.10 Å². The maximum atomic E-state index is 5.90. The number of hydrogen-bond donors (Lipinski definition) is 2. The Hall–Kier alpha value is -1.75. The van der Waals surface area contributed by atoms with E-state index in [9.17, 15) is 0 Å². The molecule has 0 aliphatic rings. The van der Waals surface area contributed by atoms with E-state index in [0.29, 0.717) is 5.69 Å². The zero-order valence-electron chi connectivity index (χ0n) is 9.24. The number of aromatic amines is 1. The highest BCUT2D eigenvalue weighted by atomic mass is 79.9. The summed E-state index contributed by atoms with van der Waals surface area (Å²) in [4.78, 5) is 0. The predicted octanol–water partition coefficient (Wildman–Crippen LogP) is 2.91. The molecule has 3 rings (SSSR count). The lowest BCUT2D eigenvalue weighted by atomic mass is 10.1. The van der Waals surface area contributed by atoms with Gasteiger partial charge in [0.1, 0.15) is 0 Å². The van der Waals surface area contributed by atoms with E-state index < -0.39 is 0 Å². The summed E-state index contributed by atoms with van der Waals surface area (Å²) in [5.41, 5.74) is 9.66. The Bertz CT molecular complexity index is 696. The Morgan fingerprint density at radius 1 is 1.41 bits per heavy atom. The number of nitrogen functional groups attached to an aromatic ring is 1. The fraction of sp³-hybridized carbons (Fsp3) is 0.0833. The van der Waals surface area contributed by atoms with Crippen molar-refractivity contribution in [3.63, 3.8) is 0 Å². The Kier molecular flexibility index (Phi) is 2.22. The van der Waals surface area contributed by atoms with Crippen LogP contribution in [0, 0.1) is 0 Å². The molecule has 0 bridgehead atoms. The van der Waals surface area contributed by atoms with Crippen LogP contribution in [0.25, 0.3) is 22.2 Å². The Labute approximate surface area is 107 Å². The lowest BCUT2D eigenvalue weighted by Crippen LogP contribution is -1.85. The van der Waals surface area contributed by atoms with Gasteiger partial charge in [-0.15, -0.1) is 0 Å². The van der Waals surface area contributed by atoms with Crippen LogP contribution in [-0.2, 0) is 7.05 Å². The van der Waals surface area contributed by atoms with Crippen LogP contribution in [0.5, 0.6) is 0 Å². The molecule has 0 unspecified atom stereocenters. The average molecular weight is 291 g/mol. The first-order chi connectivity index (χ1) is 8.16. The first-order valence-corrected chi connectivity index (χ1v) is 6.00. The Morgan fingerprint density at radius 2 is 2.24 bits per heavy atom. The zero-order valence-corrected chi connectivity index (χ0v) is 10.8. The molecule has 2 heterocycles. The third kappa shape index (κ3) is 1.54. The van der Waals surface area contributed by atoms with Gasteiger partial charge < -0.3 is 10.3 Å². The van der Waals surface area contributed by atoms with E-state index in [2.05, 4.69) is 49.0 Å². The maximum Gasteiger partial charge on any atom is 0.0901 e. The van der Waals surface area contributed by atoms with E-state index in [0.717, 1.165) is 26.6 Å². The number of nitrogens with one attached hydrogen (secondary N) is 1. The Morgan fingerprint density at radius 3 is 2.94 bits per heavy atom. The lowest BCUT2D eigenvalue weighted by molar-refractivity contribution is 0.968. The third-order valence-corrected chi connectivity index (χ3v) is 3.38. The van der Waals surface area contributed by atoms with Crippen molar-refractivity contribution >= 4 is 32.5 Å². The summed E-state index contributed by atoms with van der Waals surface area (Å²) in [5, 5.41) is 8.06. The molecule has 0 spiro atoms. The molecule has 2 aromatic heterocycles. The van der Waals surface area contributed by atoms with Crippen LogP contribution in [0.3, 0.4) is 0 Å². The second-order valence-electron chi connectivity index (χ2n) is 4.02. The van der Waals surface area contributed by atoms with E-state index in [1.165, 1.54) is 0 Å². The van der Waals surface area contributed by atoms with Crippen molar-refractivity contribution < 1.29 is 0 Å². The molecule has 0 fully saturated rings. The quantitative estimate of drug-likeness (QED) is 0.724. The van der Waals surface area contributed by atoms with E-state index in [4.69, 9.17) is 5.73 Å². The van der Waals surface area contributed by atoms with Gasteiger partial charge in [-0.25, -0.2) is 0 Å². The van der Waals surface area contributed by atoms with Crippen molar-refractivity contribution in [3.8, 4) is 11.3 Å². The number of anilines is 1. The highest BCUT2D eigenvalue weighted by Crippen LogP contribution is 2.33. The van der Waals surface area contributed by atoms with Gasteiger partial charge in [-0.05, 0) is 18.2 Å². The molecule has 0 radical (unpaired) electrons. The molecule has 0 amide bonds. The number of fused-ring (bicyclic) bond motifs is 1. The number of halogens is 1. The minimum Gasteiger partial charge on any atom is -0.396 e. The number of hydrogen-bond acceptors (Lipinski definition) is 2. The molecular formula is C12H11BrN4. The van der Waals surface area contributed by atoms with Gasteiger partial charge in [0.2, 0.25) is 0 Å². The van der Waals surface area contributed by atoms with E-state index in [1.807, 2.05) is 13.1 Å². The summed E-state index contributed by atoms with van der Waals surface area (Å²) >= 11 is 3.49. The standard InChI is InChI=1S/C12H11BrN4/c1-17-6-9(12-10(14)5-15-16-12)8-4-7(13)2-3-11(8)17/h2-6H,14H2,1H3,(H,15,16). The molecule has 86 valence electrons. The molecule has 3 aromatic rings. The zero-order chi connectivity index (χ0) is 12.0. The number of aryl methyl sites for hydroxylation is 1. The van der Waals surface area contributed by atoms with Crippen molar-refractivity contribution in [3.05, 3.63) is 35.1 Å². The number of H-pyrrole nitrogens is 1. The molecule has 0 aliphatic heterocycles. The van der Waals surface area contributed by atoms with E-state index in [1.54, 1.807) is 6.20 Å². The fourth-order valence-electron chi connectivity index (χ4n) is 2.07. The molecule has 5 heteroatoms. The SMILES string of the molecule is Cn1cc(-c2[nH]ncc2N)c2cc(Br)ccc21. The molecule has 0 saturated carbocycles. The predicted molar refractivity (Wildman–Crippen MR) is 72.6 cm³/mol. The second-order valence-corrected chi connectivity index (χ2v) is 4.93. The van der Waals surface area contributed by atoms with E-state index in [-0.39, 0.29) is 0 Å². The lowest BCUT2D eigenvalue weighted by Gasteiger charge is -1.98. The first-order valence-electron chi connectivity index (χ1n) is 5.20. The number of rotatable bonds is 1. The van der Waals surface area contributed by atoms with Crippen LogP contribution >= 0.6 is 15.9 Å². The van der Waals surface area contributed by atoms with Gasteiger partial charge in [-0.3, -0.25) is 5.10 Å². The van der Waals surface area contributed by atoms with Crippen LogP contribution in [0.4, 0.5) is 5.69 Å². The molecule has 0 aliphatic carbocycles. The van der Waals surface area contributed by atoms with Crippen molar-refractivity contribution in [1.29, 1.82) is 0 Å². The van der Waals surface area contributed by atoms with Gasteiger partial charge >= 0.3 is 0 Å². The fourth-order valence-corrected chi connectivity index (χ4v) is 2.44. The highest BCUT2D eigenvalue weighted by Gasteiger charge is 2.12. The van der Waals surface area contributed by atoms with E-state index >= 15 is 0 Å². The largest absolute Gasteiger partial charge is 0.396 e. The van der Waals surface area contributed by atoms with Crippen LogP contribution in [0.15, 0.2) is 35.1 Å². The summed E-state index contributed by atoms with van der Waals surface area (Å²) in [5.74, 6) is 0. The minimum absolute atomic E-state index is 0.664. The smallest absolute Gasteiger partial charge is 0.0901 e. The molecule has 4 nitrogen and oxygen atoms in total. The van der Waals surface area contributed by atoms with Gasteiger partial charge in [0.25, 0.3) is 0 Å². The number of nitrogens with two attached hydrogens (primary N) is 1. The first kappa shape index (κ1) is 10.4. The third-order valence-electron chi connectivity index (χ3n) is 2.89. The Balaban J connectivity index is 2.37. The monoisotopic (exact) mass is 290 g/mol. The van der Waals surface area contributed by atoms with Crippen molar-refractivity contribution in [2.45, 2.75) is 0 Å². The van der Waals surface area contributed by atoms with Crippen molar-refractivity contribution in [1.82, 2.24) is 14.8 Å². The van der Waals surface area contributed by atoms with Crippen LogP contribution in [0.1, 0.15) is 0 Å². The van der Waals surface area contributed by atoms with Crippen molar-refractivity contribution in [2.75, 3.05) is 5.73 Å². The summed E-state index contributed by atoms with van der Waals surface area (Å²) < 4.78 is 3.13. The highest BCUT2D eigenvalue weighted by molar-refractivity contribution is 9.10. The number of benzene rings is 1. The molecule has 3 N–H and O–H groups in total. The van der Waals surface area contributed by atoms with Gasteiger partial charge in [0.05, 0.1) is 17.6 Å². The average Bonchev–Trinajstić information content (AvgIpc) is 2.83. The summed E-state index contributed by atoms with van der Waals surface area (Å²) in [7, 11) is 2.02. The summed E-state index contributed by atoms with van der Waals surface area (Å²) in [6, 6.07) is 6.20. The van der Waals surface area contributed by atoms with Crippen LogP contribution in [0.2, 0.25) is 0 Å². The molecular weight excluding hydrogens is 280 g/mol. The van der Waals surface area contributed by atoms with Gasteiger partial charge in [0.15, 0.2) is 0 Å². The molecule has 0 saturated heterocycles.